The van der Waals surface area contributed by atoms with Crippen LogP contribution in [0.3, 0.4) is 0 Å². The van der Waals surface area contributed by atoms with E-state index in [0.717, 1.165) is 38.0 Å². The van der Waals surface area contributed by atoms with Gasteiger partial charge in [0.1, 0.15) is 11.5 Å². The van der Waals surface area contributed by atoms with E-state index in [0.29, 0.717) is 12.4 Å². The standard InChI is InChI=1S/C30H33NO7S/c32-29(31-33)30(14-18-36-19-15-30)39(34,35)27-11-9-26(10-12-27)37-16-2-5-22-4-1-6-23(20-22)24-8-13-28-25(21-24)7-3-17-38-28/h1,4,6,8-13,20-21,33H,2-3,5,7,14-19H2,(H,31,32). The average Bonchev–Trinajstić information content (AvgIpc) is 2.99. The van der Waals surface area contributed by atoms with Gasteiger partial charge in [-0.3, -0.25) is 10.0 Å². The molecule has 0 atom stereocenters. The zero-order chi connectivity index (χ0) is 27.3. The zero-order valence-electron chi connectivity index (χ0n) is 21.7. The van der Waals surface area contributed by atoms with Crippen LogP contribution in [0.1, 0.15) is 36.8 Å². The number of nitrogens with one attached hydrogen (secondary N) is 1. The molecule has 2 aliphatic heterocycles. The summed E-state index contributed by atoms with van der Waals surface area (Å²) >= 11 is 0. The highest BCUT2D eigenvalue weighted by molar-refractivity contribution is 7.93. The van der Waals surface area contributed by atoms with Gasteiger partial charge < -0.3 is 14.2 Å². The van der Waals surface area contributed by atoms with Gasteiger partial charge in [-0.05, 0) is 97.2 Å². The summed E-state index contributed by atoms with van der Waals surface area (Å²) in [6.45, 7) is 1.51. The van der Waals surface area contributed by atoms with Crippen LogP contribution >= 0.6 is 0 Å². The number of rotatable bonds is 9. The Labute approximate surface area is 228 Å². The summed E-state index contributed by atoms with van der Waals surface area (Å²) in [6.07, 6.45) is 3.67. The van der Waals surface area contributed by atoms with Gasteiger partial charge in [0.25, 0.3) is 5.91 Å². The molecule has 2 heterocycles. The number of amides is 1. The fourth-order valence-electron chi connectivity index (χ4n) is 5.27. The lowest BCUT2D eigenvalue weighted by molar-refractivity contribution is -0.134. The van der Waals surface area contributed by atoms with Crippen molar-refractivity contribution < 1.29 is 32.6 Å². The number of carbonyl (C=O) groups excluding carboxylic acids is 1. The highest BCUT2D eigenvalue weighted by atomic mass is 32.2. The van der Waals surface area contributed by atoms with Gasteiger partial charge in [0.2, 0.25) is 0 Å². The molecule has 1 fully saturated rings. The average molecular weight is 552 g/mol. The molecule has 0 bridgehead atoms. The van der Waals surface area contributed by atoms with E-state index in [9.17, 15) is 18.4 Å². The lowest BCUT2D eigenvalue weighted by atomic mass is 9.97. The van der Waals surface area contributed by atoms with Crippen molar-refractivity contribution in [3.05, 3.63) is 77.9 Å². The van der Waals surface area contributed by atoms with Crippen LogP contribution in [-0.2, 0) is 32.2 Å². The summed E-state index contributed by atoms with van der Waals surface area (Å²) in [5, 5.41) is 9.20. The van der Waals surface area contributed by atoms with Crippen LogP contribution in [0.15, 0.2) is 71.6 Å². The first-order valence-electron chi connectivity index (χ1n) is 13.3. The summed E-state index contributed by atoms with van der Waals surface area (Å²) in [5.41, 5.74) is 6.37. The second kappa shape index (κ2) is 11.8. The second-order valence-electron chi connectivity index (χ2n) is 9.95. The van der Waals surface area contributed by atoms with Gasteiger partial charge >= 0.3 is 0 Å². The Morgan fingerprint density at radius 3 is 2.51 bits per heavy atom. The lowest BCUT2D eigenvalue weighted by Gasteiger charge is -2.34. The van der Waals surface area contributed by atoms with Crippen molar-refractivity contribution in [2.75, 3.05) is 26.4 Å². The van der Waals surface area contributed by atoms with Crippen LogP contribution in [0.5, 0.6) is 11.5 Å². The van der Waals surface area contributed by atoms with Gasteiger partial charge in [0.15, 0.2) is 14.6 Å². The molecule has 1 amide bonds. The largest absolute Gasteiger partial charge is 0.494 e. The van der Waals surface area contributed by atoms with Crippen LogP contribution < -0.4 is 15.0 Å². The Hall–Kier alpha value is -3.40. The van der Waals surface area contributed by atoms with E-state index in [2.05, 4.69) is 42.5 Å². The van der Waals surface area contributed by atoms with E-state index in [-0.39, 0.29) is 31.0 Å². The Morgan fingerprint density at radius 2 is 1.74 bits per heavy atom. The number of benzene rings is 3. The number of carbonyl (C=O) groups is 1. The van der Waals surface area contributed by atoms with Crippen molar-refractivity contribution in [2.45, 2.75) is 48.2 Å². The summed E-state index contributed by atoms with van der Waals surface area (Å²) in [5.74, 6) is 0.602. The molecule has 5 rings (SSSR count). The fourth-order valence-corrected chi connectivity index (χ4v) is 7.21. The molecule has 2 N–H and O–H groups in total. The maximum absolute atomic E-state index is 13.4. The number of ether oxygens (including phenoxy) is 3. The van der Waals surface area contributed by atoms with Crippen LogP contribution in [0.25, 0.3) is 11.1 Å². The van der Waals surface area contributed by atoms with Crippen molar-refractivity contribution in [2.24, 2.45) is 0 Å². The van der Waals surface area contributed by atoms with Gasteiger partial charge in [-0.25, -0.2) is 13.9 Å². The summed E-state index contributed by atoms with van der Waals surface area (Å²) in [4.78, 5) is 12.4. The third-order valence-electron chi connectivity index (χ3n) is 7.51. The molecule has 3 aromatic carbocycles. The van der Waals surface area contributed by atoms with Crippen LogP contribution in [0.4, 0.5) is 0 Å². The molecule has 1 saturated heterocycles. The molecule has 8 nitrogen and oxygen atoms in total. The number of hydrogen-bond donors (Lipinski definition) is 2. The summed E-state index contributed by atoms with van der Waals surface area (Å²) < 4.78 is 41.8. The molecule has 0 aliphatic carbocycles. The molecular formula is C30H33NO7S. The summed E-state index contributed by atoms with van der Waals surface area (Å²) in [6, 6.07) is 21.0. The first-order chi connectivity index (χ1) is 18.9. The van der Waals surface area contributed by atoms with Crippen molar-refractivity contribution in [1.29, 1.82) is 0 Å². The number of sulfone groups is 1. The third kappa shape index (κ3) is 5.66. The minimum absolute atomic E-state index is 0.00547. The minimum atomic E-state index is -4.06. The second-order valence-corrected chi connectivity index (χ2v) is 12.2. The third-order valence-corrected chi connectivity index (χ3v) is 10.0. The Kier molecular flexibility index (Phi) is 8.20. The predicted molar refractivity (Wildman–Crippen MR) is 146 cm³/mol. The van der Waals surface area contributed by atoms with E-state index < -0.39 is 20.5 Å². The topological polar surface area (TPSA) is 111 Å². The van der Waals surface area contributed by atoms with Crippen molar-refractivity contribution in [1.82, 2.24) is 5.48 Å². The predicted octanol–water partition coefficient (Wildman–Crippen LogP) is 4.52. The molecule has 3 aromatic rings. The first kappa shape index (κ1) is 27.2. The zero-order valence-corrected chi connectivity index (χ0v) is 22.5. The van der Waals surface area contributed by atoms with E-state index >= 15 is 0 Å². The van der Waals surface area contributed by atoms with Crippen LogP contribution in [0, 0.1) is 0 Å². The van der Waals surface area contributed by atoms with E-state index in [1.54, 1.807) is 12.1 Å². The molecule has 0 unspecified atom stereocenters. The maximum atomic E-state index is 13.4. The fraction of sp³-hybridized carbons (Fsp3) is 0.367. The number of hydroxylamine groups is 1. The monoisotopic (exact) mass is 551 g/mol. The molecule has 0 spiro atoms. The van der Waals surface area contributed by atoms with Crippen LogP contribution in [-0.4, -0.2) is 50.7 Å². The smallest absolute Gasteiger partial charge is 0.265 e. The van der Waals surface area contributed by atoms with E-state index in [1.165, 1.54) is 39.9 Å². The Bertz CT molecular complexity index is 1410. The molecule has 2 aliphatic rings. The van der Waals surface area contributed by atoms with Gasteiger partial charge in [-0.2, -0.15) is 0 Å². The Balaban J connectivity index is 1.18. The number of fused-ring (bicyclic) bond motifs is 1. The maximum Gasteiger partial charge on any atom is 0.265 e. The first-order valence-corrected chi connectivity index (χ1v) is 14.8. The number of hydrogen-bond acceptors (Lipinski definition) is 7. The molecule has 206 valence electrons. The van der Waals surface area contributed by atoms with Gasteiger partial charge in [-0.15, -0.1) is 0 Å². The highest BCUT2D eigenvalue weighted by Gasteiger charge is 2.52. The van der Waals surface area contributed by atoms with Crippen molar-refractivity contribution >= 4 is 15.7 Å². The van der Waals surface area contributed by atoms with Gasteiger partial charge in [-0.1, -0.05) is 30.3 Å². The van der Waals surface area contributed by atoms with Gasteiger partial charge in [0, 0.05) is 13.2 Å². The Morgan fingerprint density at radius 1 is 0.974 bits per heavy atom. The van der Waals surface area contributed by atoms with Crippen molar-refractivity contribution in [3.63, 3.8) is 0 Å². The van der Waals surface area contributed by atoms with Crippen molar-refractivity contribution in [3.8, 4) is 22.6 Å². The van der Waals surface area contributed by atoms with E-state index in [4.69, 9.17) is 14.2 Å². The number of aryl methyl sites for hydroxylation is 2. The molecule has 0 aromatic heterocycles. The minimum Gasteiger partial charge on any atom is -0.494 e. The lowest BCUT2D eigenvalue weighted by Crippen LogP contribution is -2.54. The normalized spacial score (nSPS) is 16.5. The molecular weight excluding hydrogens is 518 g/mol. The van der Waals surface area contributed by atoms with E-state index in [1.807, 2.05) is 0 Å². The van der Waals surface area contributed by atoms with Crippen LogP contribution in [0.2, 0.25) is 0 Å². The molecule has 39 heavy (non-hydrogen) atoms. The molecule has 9 heteroatoms. The quantitative estimate of drug-likeness (QED) is 0.229. The van der Waals surface area contributed by atoms with Gasteiger partial charge in [0.05, 0.1) is 18.1 Å². The SMILES string of the molecule is O=C(NO)C1(S(=O)(=O)c2ccc(OCCCc3cccc(-c4ccc5c(c4)CCCO5)c3)cc2)CCOCC1. The molecule has 0 radical (unpaired) electrons. The highest BCUT2D eigenvalue weighted by Crippen LogP contribution is 2.36. The molecule has 0 saturated carbocycles. The summed E-state index contributed by atoms with van der Waals surface area (Å²) in [7, 11) is -4.06.